The van der Waals surface area contributed by atoms with Gasteiger partial charge in [0.05, 0.1) is 24.1 Å². The largest absolute Gasteiger partial charge is 0.355 e. The van der Waals surface area contributed by atoms with Gasteiger partial charge in [-0.15, -0.1) is 10.1 Å². The molecule has 220 valence electrons. The van der Waals surface area contributed by atoms with Crippen molar-refractivity contribution < 1.29 is 52.8 Å². The van der Waals surface area contributed by atoms with Gasteiger partial charge in [-0.05, 0) is 6.42 Å². The van der Waals surface area contributed by atoms with E-state index in [4.69, 9.17) is 9.68 Å². The Morgan fingerprint density at radius 2 is 1.27 bits per heavy atom. The molecule has 0 aromatic rings. The summed E-state index contributed by atoms with van der Waals surface area (Å²) < 4.78 is 0. The molecule has 15 nitrogen and oxygen atoms in total. The zero-order valence-electron chi connectivity index (χ0n) is 22.0. The molecule has 1 N–H and O–H groups in total. The number of hydrogen-bond acceptors (Lipinski definition) is 11. The molecule has 0 aromatic heterocycles. The monoisotopic (exact) mass is 630 g/mol. The third-order valence-electron chi connectivity index (χ3n) is 6.02. The first-order chi connectivity index (χ1) is 19.0. The minimum atomic E-state index is -0.984. The lowest BCUT2D eigenvalue weighted by molar-refractivity contribution is -0.198. The van der Waals surface area contributed by atoms with E-state index in [1.54, 1.807) is 6.92 Å². The Labute approximate surface area is 237 Å². The molecule has 2 heterocycles. The van der Waals surface area contributed by atoms with E-state index in [9.17, 15) is 43.2 Å². The summed E-state index contributed by atoms with van der Waals surface area (Å²) in [5.74, 6) is -6.68. The standard InChI is InChI=1S/C24H31BrN4O11/c1-2-17(31)26-14-15(3-4-16(30)13-25)24(38)27(11-9-22(36)39-28-18(32)5-6-19(28)33)12-10-23(37)40-29-20(34)7-8-21(29)35/h15H,2-14H2,1H3,(H,26,31). The number of imide groups is 2. The van der Waals surface area contributed by atoms with Crippen LogP contribution in [0.4, 0.5) is 0 Å². The summed E-state index contributed by atoms with van der Waals surface area (Å²) in [5, 5.41) is 3.40. The SMILES string of the molecule is CCC(=O)NCC(CCC(=O)CBr)C(=O)N(CCC(=O)ON1C(=O)CCC1=O)CCC(=O)ON1C(=O)CCC1=O. The van der Waals surface area contributed by atoms with Gasteiger partial charge in [-0.3, -0.25) is 33.6 Å². The minimum absolute atomic E-state index is 0.0138. The average molecular weight is 631 g/mol. The first-order valence-corrected chi connectivity index (χ1v) is 13.8. The number of nitrogens with one attached hydrogen (secondary N) is 1. The van der Waals surface area contributed by atoms with Gasteiger partial charge in [-0.1, -0.05) is 22.9 Å². The van der Waals surface area contributed by atoms with E-state index in [-0.39, 0.29) is 81.6 Å². The second-order valence-electron chi connectivity index (χ2n) is 8.98. The van der Waals surface area contributed by atoms with Gasteiger partial charge in [0.2, 0.25) is 11.8 Å². The average Bonchev–Trinajstić information content (AvgIpc) is 3.42. The predicted molar refractivity (Wildman–Crippen MR) is 135 cm³/mol. The van der Waals surface area contributed by atoms with Crippen molar-refractivity contribution in [2.24, 2.45) is 5.92 Å². The molecule has 2 fully saturated rings. The van der Waals surface area contributed by atoms with E-state index < -0.39 is 60.2 Å². The van der Waals surface area contributed by atoms with Crippen molar-refractivity contribution in [1.29, 1.82) is 0 Å². The minimum Gasteiger partial charge on any atom is -0.355 e. The number of nitrogens with zero attached hydrogens (tertiary/aromatic N) is 3. The van der Waals surface area contributed by atoms with Gasteiger partial charge in [-0.25, -0.2) is 9.59 Å². The maximum atomic E-state index is 13.5. The summed E-state index contributed by atoms with van der Waals surface area (Å²) in [6.45, 7) is 0.885. The fourth-order valence-corrected chi connectivity index (χ4v) is 4.01. The molecule has 0 radical (unpaired) electrons. The highest BCUT2D eigenvalue weighted by molar-refractivity contribution is 9.09. The van der Waals surface area contributed by atoms with Crippen LogP contribution in [0.25, 0.3) is 0 Å². The molecule has 0 aliphatic carbocycles. The molecule has 2 saturated heterocycles. The smallest absolute Gasteiger partial charge is 0.334 e. The van der Waals surface area contributed by atoms with E-state index in [1.165, 1.54) is 0 Å². The van der Waals surface area contributed by atoms with Crippen LogP contribution >= 0.6 is 15.9 Å². The van der Waals surface area contributed by atoms with Crippen LogP contribution in [0, 0.1) is 5.92 Å². The van der Waals surface area contributed by atoms with E-state index >= 15 is 0 Å². The Kier molecular flexibility index (Phi) is 12.8. The molecule has 40 heavy (non-hydrogen) atoms. The Hall–Kier alpha value is -3.69. The summed E-state index contributed by atoms with van der Waals surface area (Å²) in [6, 6.07) is 0. The molecule has 6 amide bonds. The normalized spacial score (nSPS) is 15.8. The quantitative estimate of drug-likeness (QED) is 0.174. The molecule has 0 spiro atoms. The number of rotatable bonds is 16. The highest BCUT2D eigenvalue weighted by Crippen LogP contribution is 2.16. The number of Topliss-reactive ketones (excluding diaryl/α,β-unsaturated/α-hetero) is 1. The van der Waals surface area contributed by atoms with Crippen molar-refractivity contribution in [3.63, 3.8) is 0 Å². The highest BCUT2D eigenvalue weighted by atomic mass is 79.9. The third-order valence-corrected chi connectivity index (χ3v) is 6.64. The van der Waals surface area contributed by atoms with Crippen LogP contribution in [0.3, 0.4) is 0 Å². The zero-order valence-corrected chi connectivity index (χ0v) is 23.6. The van der Waals surface area contributed by atoms with E-state index in [0.29, 0.717) is 10.1 Å². The second kappa shape index (κ2) is 15.8. The molecule has 1 unspecified atom stereocenters. The summed E-state index contributed by atoms with van der Waals surface area (Å²) in [5.41, 5.74) is 0. The second-order valence-corrected chi connectivity index (χ2v) is 9.54. The number of ketones is 1. The molecule has 2 aliphatic heterocycles. The van der Waals surface area contributed by atoms with E-state index in [0.717, 1.165) is 4.90 Å². The van der Waals surface area contributed by atoms with Gasteiger partial charge >= 0.3 is 11.9 Å². The van der Waals surface area contributed by atoms with Gasteiger partial charge in [-0.2, -0.15) is 0 Å². The number of amides is 6. The van der Waals surface area contributed by atoms with E-state index in [2.05, 4.69) is 21.2 Å². The topological polar surface area (TPSA) is 194 Å². The fourth-order valence-electron chi connectivity index (χ4n) is 3.73. The maximum Gasteiger partial charge on any atom is 0.334 e. The summed E-state index contributed by atoms with van der Waals surface area (Å²) in [4.78, 5) is 120. The summed E-state index contributed by atoms with van der Waals surface area (Å²) in [6.07, 6.45) is -1.09. The Morgan fingerprint density at radius 3 is 1.68 bits per heavy atom. The van der Waals surface area contributed by atoms with Crippen LogP contribution in [-0.4, -0.2) is 93.2 Å². The van der Waals surface area contributed by atoms with Gasteiger partial charge in [0.1, 0.15) is 5.78 Å². The maximum absolute atomic E-state index is 13.5. The van der Waals surface area contributed by atoms with Crippen LogP contribution in [-0.2, 0) is 52.8 Å². The van der Waals surface area contributed by atoms with Crippen LogP contribution in [0.2, 0.25) is 0 Å². The molecular weight excluding hydrogens is 600 g/mol. The van der Waals surface area contributed by atoms with Crippen molar-refractivity contribution in [2.45, 2.75) is 64.7 Å². The Morgan fingerprint density at radius 1 is 0.825 bits per heavy atom. The van der Waals surface area contributed by atoms with Crippen LogP contribution < -0.4 is 5.32 Å². The molecule has 0 bridgehead atoms. The van der Waals surface area contributed by atoms with Crippen LogP contribution in [0.1, 0.15) is 64.7 Å². The first-order valence-electron chi connectivity index (χ1n) is 12.7. The van der Waals surface area contributed by atoms with Crippen molar-refractivity contribution in [3.05, 3.63) is 0 Å². The zero-order chi connectivity index (χ0) is 29.8. The predicted octanol–water partition coefficient (Wildman–Crippen LogP) is -0.304. The molecular formula is C24H31BrN4O11. The highest BCUT2D eigenvalue weighted by Gasteiger charge is 2.35. The summed E-state index contributed by atoms with van der Waals surface area (Å²) >= 11 is 3.05. The number of carbonyl (C=O) groups is 9. The molecule has 2 rings (SSSR count). The van der Waals surface area contributed by atoms with Crippen molar-refractivity contribution in [2.75, 3.05) is 25.0 Å². The van der Waals surface area contributed by atoms with Crippen molar-refractivity contribution >= 4 is 69.1 Å². The lowest BCUT2D eigenvalue weighted by Crippen LogP contribution is -2.44. The molecule has 0 aromatic carbocycles. The lowest BCUT2D eigenvalue weighted by Gasteiger charge is -2.27. The van der Waals surface area contributed by atoms with Crippen molar-refractivity contribution in [1.82, 2.24) is 20.3 Å². The lowest BCUT2D eigenvalue weighted by atomic mass is 9.99. The van der Waals surface area contributed by atoms with Crippen molar-refractivity contribution in [3.8, 4) is 0 Å². The Bertz CT molecular complexity index is 957. The number of carbonyl (C=O) groups excluding carboxylic acids is 9. The van der Waals surface area contributed by atoms with Gasteiger partial charge < -0.3 is 19.9 Å². The van der Waals surface area contributed by atoms with Gasteiger partial charge in [0, 0.05) is 58.2 Å². The number of alkyl halides is 1. The summed E-state index contributed by atoms with van der Waals surface area (Å²) in [7, 11) is 0. The Balaban J connectivity index is 2.12. The van der Waals surface area contributed by atoms with Crippen LogP contribution in [0.5, 0.6) is 0 Å². The number of hydroxylamine groups is 4. The number of halogens is 1. The molecule has 1 atom stereocenters. The fraction of sp³-hybridized carbons (Fsp3) is 0.625. The number of hydrogen-bond donors (Lipinski definition) is 1. The van der Waals surface area contributed by atoms with E-state index in [1.807, 2.05) is 0 Å². The molecule has 16 heteroatoms. The van der Waals surface area contributed by atoms with Crippen LogP contribution in [0.15, 0.2) is 0 Å². The third kappa shape index (κ3) is 9.81. The first kappa shape index (κ1) is 32.5. The van der Waals surface area contributed by atoms with Gasteiger partial charge in [0.15, 0.2) is 0 Å². The van der Waals surface area contributed by atoms with Gasteiger partial charge in [0.25, 0.3) is 23.6 Å². The molecule has 0 saturated carbocycles. The molecule has 2 aliphatic rings.